The van der Waals surface area contributed by atoms with Gasteiger partial charge in [0, 0.05) is 16.0 Å². The van der Waals surface area contributed by atoms with Gasteiger partial charge in [-0.25, -0.2) is 0 Å². The molecular weight excluding hydrogens is 264 g/mol. The maximum Gasteiger partial charge on any atom is 0.166 e. The first kappa shape index (κ1) is 13.4. The summed E-state index contributed by atoms with van der Waals surface area (Å²) in [6, 6.07) is 4.03. The van der Waals surface area contributed by atoms with E-state index in [4.69, 9.17) is 0 Å². The molecule has 0 radical (unpaired) electrons. The van der Waals surface area contributed by atoms with Gasteiger partial charge in [0.05, 0.1) is 0 Å². The molecule has 0 saturated carbocycles. The third-order valence-corrected chi connectivity index (χ3v) is 3.37. The Balaban J connectivity index is 3.08. The number of hydrogen-bond donors (Lipinski definition) is 0. The fraction of sp³-hybridized carbons (Fsp3) is 0.500. The largest absolute Gasteiger partial charge is 0.294 e. The summed E-state index contributed by atoms with van der Waals surface area (Å²) in [5.41, 5.74) is 3.05. The van der Waals surface area contributed by atoms with Crippen molar-refractivity contribution < 1.29 is 4.79 Å². The Labute approximate surface area is 106 Å². The predicted octanol–water partition coefficient (Wildman–Crippen LogP) is 4.68. The molecule has 2 heteroatoms. The molecule has 1 rings (SSSR count). The highest BCUT2D eigenvalue weighted by molar-refractivity contribution is 9.10. The number of benzene rings is 1. The van der Waals surface area contributed by atoms with Crippen molar-refractivity contribution in [1.82, 2.24) is 0 Å². The lowest BCUT2D eigenvalue weighted by Gasteiger charge is -2.14. The van der Waals surface area contributed by atoms with Crippen LogP contribution in [0, 0.1) is 19.8 Å². The van der Waals surface area contributed by atoms with Gasteiger partial charge in [-0.05, 0) is 43.5 Å². The molecular formula is C14H19BrO. The van der Waals surface area contributed by atoms with E-state index >= 15 is 0 Å². The molecule has 0 aliphatic rings. The summed E-state index contributed by atoms with van der Waals surface area (Å²) in [6.07, 6.45) is 2.02. The molecule has 1 nitrogen and oxygen atoms in total. The highest BCUT2D eigenvalue weighted by Gasteiger charge is 2.18. The van der Waals surface area contributed by atoms with Crippen molar-refractivity contribution in [3.05, 3.63) is 33.3 Å². The number of rotatable bonds is 4. The van der Waals surface area contributed by atoms with Crippen molar-refractivity contribution in [1.29, 1.82) is 0 Å². The van der Waals surface area contributed by atoms with Crippen molar-refractivity contribution >= 4 is 21.7 Å². The lowest BCUT2D eigenvalue weighted by atomic mass is 9.90. The minimum Gasteiger partial charge on any atom is -0.294 e. The molecule has 0 amide bonds. The number of ketones is 1. The molecule has 0 aliphatic heterocycles. The second kappa shape index (κ2) is 5.62. The van der Waals surface area contributed by atoms with Gasteiger partial charge < -0.3 is 0 Å². The van der Waals surface area contributed by atoms with Crippen LogP contribution in [0.25, 0.3) is 0 Å². The first-order valence-electron chi connectivity index (χ1n) is 5.78. The summed E-state index contributed by atoms with van der Waals surface area (Å²) >= 11 is 3.45. The van der Waals surface area contributed by atoms with E-state index in [9.17, 15) is 4.79 Å². The van der Waals surface area contributed by atoms with Gasteiger partial charge in [-0.15, -0.1) is 0 Å². The van der Waals surface area contributed by atoms with E-state index in [1.165, 1.54) is 0 Å². The van der Waals surface area contributed by atoms with Crippen LogP contribution in [0.3, 0.4) is 0 Å². The number of aryl methyl sites for hydroxylation is 2. The van der Waals surface area contributed by atoms with Crippen LogP contribution >= 0.6 is 15.9 Å². The second-order valence-corrected chi connectivity index (χ2v) is 5.38. The molecule has 1 atom stereocenters. The quantitative estimate of drug-likeness (QED) is 0.733. The molecule has 0 aromatic heterocycles. The number of carbonyl (C=O) groups excluding carboxylic acids is 1. The second-order valence-electron chi connectivity index (χ2n) is 4.47. The van der Waals surface area contributed by atoms with E-state index in [1.54, 1.807) is 0 Å². The highest BCUT2D eigenvalue weighted by Crippen LogP contribution is 2.24. The third-order valence-electron chi connectivity index (χ3n) is 2.91. The van der Waals surface area contributed by atoms with E-state index in [0.29, 0.717) is 0 Å². The van der Waals surface area contributed by atoms with Crippen LogP contribution in [-0.4, -0.2) is 5.78 Å². The first-order chi connectivity index (χ1) is 7.47. The molecule has 0 bridgehead atoms. The third kappa shape index (κ3) is 2.94. The number of carbonyl (C=O) groups is 1. The zero-order valence-electron chi connectivity index (χ0n) is 10.4. The monoisotopic (exact) mass is 282 g/mol. The molecule has 1 aromatic rings. The fourth-order valence-electron chi connectivity index (χ4n) is 2.11. The summed E-state index contributed by atoms with van der Waals surface area (Å²) in [4.78, 5) is 12.3. The topological polar surface area (TPSA) is 17.1 Å². The van der Waals surface area contributed by atoms with Crippen molar-refractivity contribution in [2.24, 2.45) is 5.92 Å². The van der Waals surface area contributed by atoms with Gasteiger partial charge in [0.15, 0.2) is 5.78 Å². The van der Waals surface area contributed by atoms with E-state index in [2.05, 4.69) is 22.9 Å². The van der Waals surface area contributed by atoms with Crippen LogP contribution in [0.5, 0.6) is 0 Å². The number of hydrogen-bond acceptors (Lipinski definition) is 1. The van der Waals surface area contributed by atoms with Crippen LogP contribution < -0.4 is 0 Å². The lowest BCUT2D eigenvalue weighted by Crippen LogP contribution is -2.14. The first-order valence-corrected chi connectivity index (χ1v) is 6.57. The Morgan fingerprint density at radius 2 is 1.81 bits per heavy atom. The van der Waals surface area contributed by atoms with Crippen LogP contribution in [-0.2, 0) is 0 Å². The summed E-state index contributed by atoms with van der Waals surface area (Å²) in [7, 11) is 0. The summed E-state index contributed by atoms with van der Waals surface area (Å²) < 4.78 is 1.04. The maximum atomic E-state index is 12.3. The minimum atomic E-state index is 0.128. The van der Waals surface area contributed by atoms with E-state index < -0.39 is 0 Å². The van der Waals surface area contributed by atoms with Crippen LogP contribution in [0.2, 0.25) is 0 Å². The zero-order valence-corrected chi connectivity index (χ0v) is 12.0. The molecule has 0 saturated heterocycles. The summed E-state index contributed by atoms with van der Waals surface area (Å²) in [6.45, 7) is 8.14. The molecule has 0 heterocycles. The van der Waals surface area contributed by atoms with Gasteiger partial charge >= 0.3 is 0 Å². The Bertz CT molecular complexity index is 373. The SMILES string of the molecule is CCCC(C)C(=O)c1c(C)cc(Br)cc1C. The van der Waals surface area contributed by atoms with Gasteiger partial charge in [0.2, 0.25) is 0 Å². The minimum absolute atomic E-state index is 0.128. The fourth-order valence-corrected chi connectivity index (χ4v) is 2.80. The highest BCUT2D eigenvalue weighted by atomic mass is 79.9. The molecule has 0 fully saturated rings. The van der Waals surface area contributed by atoms with Crippen LogP contribution in [0.1, 0.15) is 48.2 Å². The Kier molecular flexibility index (Phi) is 4.72. The van der Waals surface area contributed by atoms with Crippen molar-refractivity contribution in [2.45, 2.75) is 40.5 Å². The van der Waals surface area contributed by atoms with E-state index in [1.807, 2.05) is 32.9 Å². The summed E-state index contributed by atoms with van der Waals surface area (Å²) in [5, 5.41) is 0. The van der Waals surface area contributed by atoms with E-state index in [-0.39, 0.29) is 11.7 Å². The van der Waals surface area contributed by atoms with Gasteiger partial charge in [-0.2, -0.15) is 0 Å². The molecule has 16 heavy (non-hydrogen) atoms. The zero-order chi connectivity index (χ0) is 12.3. The average Bonchev–Trinajstić information content (AvgIpc) is 2.16. The van der Waals surface area contributed by atoms with Crippen LogP contribution in [0.4, 0.5) is 0 Å². The molecule has 1 unspecified atom stereocenters. The molecule has 0 N–H and O–H groups in total. The van der Waals surface area contributed by atoms with Gasteiger partial charge in [-0.3, -0.25) is 4.79 Å². The molecule has 1 aromatic carbocycles. The Morgan fingerprint density at radius 3 is 2.25 bits per heavy atom. The summed E-state index contributed by atoms with van der Waals surface area (Å²) in [5.74, 6) is 0.410. The number of halogens is 1. The van der Waals surface area contributed by atoms with Crippen molar-refractivity contribution in [2.75, 3.05) is 0 Å². The predicted molar refractivity (Wildman–Crippen MR) is 72.0 cm³/mol. The lowest BCUT2D eigenvalue weighted by molar-refractivity contribution is 0.0922. The molecule has 0 spiro atoms. The number of Topliss-reactive ketones (excluding diaryl/α,β-unsaturated/α-hetero) is 1. The standard InChI is InChI=1S/C14H19BrO/c1-5-6-9(2)14(16)13-10(3)7-12(15)8-11(13)4/h7-9H,5-6H2,1-4H3. The normalized spacial score (nSPS) is 12.6. The van der Waals surface area contributed by atoms with Crippen molar-refractivity contribution in [3.63, 3.8) is 0 Å². The van der Waals surface area contributed by atoms with Crippen molar-refractivity contribution in [3.8, 4) is 0 Å². The smallest absolute Gasteiger partial charge is 0.166 e. The molecule has 88 valence electrons. The van der Waals surface area contributed by atoms with Gasteiger partial charge in [0.1, 0.15) is 0 Å². The maximum absolute atomic E-state index is 12.3. The van der Waals surface area contributed by atoms with Crippen LogP contribution in [0.15, 0.2) is 16.6 Å². The molecule has 0 aliphatic carbocycles. The van der Waals surface area contributed by atoms with E-state index in [0.717, 1.165) is 34.0 Å². The Hall–Kier alpha value is -0.630. The average molecular weight is 283 g/mol. The van der Waals surface area contributed by atoms with Gasteiger partial charge in [-0.1, -0.05) is 36.2 Å². The van der Waals surface area contributed by atoms with Gasteiger partial charge in [0.25, 0.3) is 0 Å². The Morgan fingerprint density at radius 1 is 1.31 bits per heavy atom.